The molecule has 1 atom stereocenters. The van der Waals surface area contributed by atoms with E-state index in [4.69, 9.17) is 19.6 Å². The summed E-state index contributed by atoms with van der Waals surface area (Å²) in [7, 11) is 3.26. The van der Waals surface area contributed by atoms with Crippen LogP contribution in [0.5, 0.6) is 11.5 Å². The summed E-state index contributed by atoms with van der Waals surface area (Å²) in [5, 5.41) is 6.89. The molecule has 41 heavy (non-hydrogen) atoms. The first-order valence-electron chi connectivity index (χ1n) is 13.2. The highest BCUT2D eigenvalue weighted by atomic mass is 32.2. The van der Waals surface area contributed by atoms with Crippen LogP contribution in [-0.2, 0) is 11.2 Å². The van der Waals surface area contributed by atoms with Gasteiger partial charge in [0.05, 0.1) is 48.0 Å². The van der Waals surface area contributed by atoms with Crippen LogP contribution in [0.25, 0.3) is 5.69 Å². The van der Waals surface area contributed by atoms with Crippen LogP contribution < -0.4 is 15.0 Å². The lowest BCUT2D eigenvalue weighted by Gasteiger charge is -2.22. The fourth-order valence-corrected chi connectivity index (χ4v) is 6.88. The van der Waals surface area contributed by atoms with E-state index in [2.05, 4.69) is 0 Å². The maximum atomic E-state index is 13.8. The Kier molecular flexibility index (Phi) is 7.84. The maximum absolute atomic E-state index is 13.8. The molecule has 4 aromatic rings. The van der Waals surface area contributed by atoms with Gasteiger partial charge in [-0.3, -0.25) is 14.2 Å². The molecule has 0 spiro atoms. The van der Waals surface area contributed by atoms with Gasteiger partial charge < -0.3 is 9.47 Å². The molecule has 3 heterocycles. The Balaban J connectivity index is 1.31. The second-order valence-corrected chi connectivity index (χ2v) is 11.6. The number of aryl methyl sites for hydroxylation is 1. The third-order valence-corrected chi connectivity index (χ3v) is 9.13. The van der Waals surface area contributed by atoms with Gasteiger partial charge in [-0.25, -0.2) is 9.99 Å². The first-order chi connectivity index (χ1) is 20.1. The summed E-state index contributed by atoms with van der Waals surface area (Å²) in [5.74, 6) is 2.25. The van der Waals surface area contributed by atoms with Crippen molar-refractivity contribution in [3.63, 3.8) is 0 Å². The largest absolute Gasteiger partial charge is 0.497 e. The van der Waals surface area contributed by atoms with Gasteiger partial charge in [-0.05, 0) is 59.7 Å². The predicted octanol–water partition coefficient (Wildman–Crippen LogP) is 5.37. The number of hydrogen-bond donors (Lipinski definition) is 0. The van der Waals surface area contributed by atoms with E-state index in [-0.39, 0.29) is 23.3 Å². The van der Waals surface area contributed by atoms with E-state index in [1.54, 1.807) is 35.6 Å². The fraction of sp³-hybridized carbons (Fsp3) is 0.226. The summed E-state index contributed by atoms with van der Waals surface area (Å²) in [5.41, 5.74) is 4.16. The molecule has 0 bridgehead atoms. The lowest BCUT2D eigenvalue weighted by Crippen LogP contribution is -2.29. The van der Waals surface area contributed by atoms with Gasteiger partial charge in [0.15, 0.2) is 5.16 Å². The molecule has 0 radical (unpaired) electrons. The molecule has 6 rings (SSSR count). The number of rotatable bonds is 8. The van der Waals surface area contributed by atoms with Crippen LogP contribution in [0.15, 0.2) is 98.8 Å². The van der Waals surface area contributed by atoms with Gasteiger partial charge in [0.1, 0.15) is 11.5 Å². The van der Waals surface area contributed by atoms with Crippen LogP contribution in [0.4, 0.5) is 0 Å². The lowest BCUT2D eigenvalue weighted by atomic mass is 9.98. The van der Waals surface area contributed by atoms with Crippen LogP contribution in [0, 0.1) is 0 Å². The van der Waals surface area contributed by atoms with Crippen LogP contribution in [0.3, 0.4) is 0 Å². The van der Waals surface area contributed by atoms with Crippen molar-refractivity contribution < 1.29 is 14.3 Å². The molecule has 1 amide bonds. The number of benzene rings is 3. The Morgan fingerprint density at radius 2 is 1.66 bits per heavy atom. The van der Waals surface area contributed by atoms with Gasteiger partial charge in [0, 0.05) is 18.6 Å². The van der Waals surface area contributed by atoms with Gasteiger partial charge in [-0.1, -0.05) is 42.1 Å². The minimum Gasteiger partial charge on any atom is -0.497 e. The van der Waals surface area contributed by atoms with Gasteiger partial charge in [0.2, 0.25) is 0 Å². The minimum atomic E-state index is -0.271. The molecule has 0 saturated heterocycles. The number of para-hydroxylation sites is 1. The number of amides is 1. The van der Waals surface area contributed by atoms with E-state index in [0.29, 0.717) is 16.5 Å². The quantitative estimate of drug-likeness (QED) is 0.203. The zero-order valence-corrected chi connectivity index (χ0v) is 24.3. The molecule has 10 heteroatoms. The molecule has 8 nitrogen and oxygen atoms in total. The third-order valence-electron chi connectivity index (χ3n) is 7.10. The molecule has 0 fully saturated rings. The SMILES string of the molecule is COc1ccc(C2=NN(C(=O)CSc3nc4c(c(=O)n3-c3ccccc3)SCC4)C(c3ccc(OC)cc3)C2)cc1. The number of thioether (sulfide) groups is 2. The minimum absolute atomic E-state index is 0.0806. The molecule has 208 valence electrons. The van der Waals surface area contributed by atoms with E-state index < -0.39 is 0 Å². The number of fused-ring (bicyclic) bond motifs is 1. The molecule has 0 aliphatic carbocycles. The van der Waals surface area contributed by atoms with E-state index in [1.165, 1.54) is 11.8 Å². The maximum Gasteiger partial charge on any atom is 0.272 e. The molecular formula is C31H28N4O4S2. The highest BCUT2D eigenvalue weighted by Crippen LogP contribution is 2.35. The Morgan fingerprint density at radius 3 is 2.34 bits per heavy atom. The van der Waals surface area contributed by atoms with Crippen molar-refractivity contribution in [1.82, 2.24) is 14.6 Å². The standard InChI is InChI=1S/C31H28N4O4S2/c1-38-23-12-8-20(9-13-23)26-18-27(21-10-14-24(39-2)15-11-21)35(33-26)28(36)19-41-31-32-25-16-17-40-29(25)30(37)34(31)22-6-4-3-5-7-22/h3-15,27H,16-19H2,1-2H3. The Hall–Kier alpha value is -4.02. The number of hydrazone groups is 1. The summed E-state index contributed by atoms with van der Waals surface area (Å²) < 4.78 is 12.3. The predicted molar refractivity (Wildman–Crippen MR) is 162 cm³/mol. The highest BCUT2D eigenvalue weighted by Gasteiger charge is 2.33. The average molecular weight is 585 g/mol. The molecule has 1 unspecified atom stereocenters. The van der Waals surface area contributed by atoms with Crippen LogP contribution >= 0.6 is 23.5 Å². The monoisotopic (exact) mass is 584 g/mol. The van der Waals surface area contributed by atoms with Gasteiger partial charge in [-0.2, -0.15) is 5.10 Å². The normalized spacial score (nSPS) is 15.9. The number of ether oxygens (including phenoxy) is 2. The number of carbonyl (C=O) groups is 1. The number of methoxy groups -OCH3 is 2. The molecule has 2 aliphatic rings. The van der Waals surface area contributed by atoms with E-state index in [1.807, 2.05) is 78.9 Å². The summed E-state index contributed by atoms with van der Waals surface area (Å²) in [6.07, 6.45) is 1.31. The summed E-state index contributed by atoms with van der Waals surface area (Å²) in [4.78, 5) is 32.8. The van der Waals surface area contributed by atoms with Crippen molar-refractivity contribution in [3.05, 3.63) is 106 Å². The van der Waals surface area contributed by atoms with Crippen LogP contribution in [0.1, 0.15) is 29.3 Å². The molecule has 0 N–H and O–H groups in total. The molecule has 1 aromatic heterocycles. The summed E-state index contributed by atoms with van der Waals surface area (Å²) in [6.45, 7) is 0. The van der Waals surface area contributed by atoms with Crippen LogP contribution in [0.2, 0.25) is 0 Å². The summed E-state index contributed by atoms with van der Waals surface area (Å²) >= 11 is 2.81. The molecule has 2 aliphatic heterocycles. The second kappa shape index (κ2) is 11.8. The first-order valence-corrected chi connectivity index (χ1v) is 15.2. The molecular weight excluding hydrogens is 556 g/mol. The number of nitrogens with zero attached hydrogens (tertiary/aromatic N) is 4. The highest BCUT2D eigenvalue weighted by molar-refractivity contribution is 8.00. The topological polar surface area (TPSA) is 86.0 Å². The Morgan fingerprint density at radius 1 is 0.976 bits per heavy atom. The fourth-order valence-electron chi connectivity index (χ4n) is 4.97. The van der Waals surface area contributed by atoms with Crippen molar-refractivity contribution in [2.75, 3.05) is 25.7 Å². The van der Waals surface area contributed by atoms with Crippen molar-refractivity contribution >= 4 is 35.1 Å². The smallest absolute Gasteiger partial charge is 0.272 e. The van der Waals surface area contributed by atoms with Crippen molar-refractivity contribution in [3.8, 4) is 17.2 Å². The van der Waals surface area contributed by atoms with Crippen LogP contribution in [-0.4, -0.2) is 51.9 Å². The Bertz CT molecular complexity index is 1660. The van der Waals surface area contributed by atoms with Crippen molar-refractivity contribution in [1.29, 1.82) is 0 Å². The van der Waals surface area contributed by atoms with E-state index in [0.717, 1.165) is 51.9 Å². The zero-order valence-electron chi connectivity index (χ0n) is 22.6. The molecule has 3 aromatic carbocycles. The third kappa shape index (κ3) is 5.49. The number of aromatic nitrogens is 2. The van der Waals surface area contributed by atoms with E-state index in [9.17, 15) is 9.59 Å². The number of hydrogen-bond acceptors (Lipinski definition) is 8. The van der Waals surface area contributed by atoms with Gasteiger partial charge in [-0.15, -0.1) is 11.8 Å². The zero-order chi connectivity index (χ0) is 28.3. The number of carbonyl (C=O) groups excluding carboxylic acids is 1. The average Bonchev–Trinajstić information content (AvgIpc) is 3.69. The first kappa shape index (κ1) is 27.2. The van der Waals surface area contributed by atoms with Crippen molar-refractivity contribution in [2.45, 2.75) is 28.9 Å². The lowest BCUT2D eigenvalue weighted by molar-refractivity contribution is -0.130. The van der Waals surface area contributed by atoms with Crippen molar-refractivity contribution in [2.24, 2.45) is 5.10 Å². The second-order valence-electron chi connectivity index (χ2n) is 9.54. The van der Waals surface area contributed by atoms with Gasteiger partial charge >= 0.3 is 0 Å². The summed E-state index contributed by atoms with van der Waals surface area (Å²) in [6, 6.07) is 24.6. The Labute approximate surface area is 246 Å². The van der Waals surface area contributed by atoms with Gasteiger partial charge in [0.25, 0.3) is 11.5 Å². The molecule has 0 saturated carbocycles. The van der Waals surface area contributed by atoms with E-state index >= 15 is 0 Å².